The summed E-state index contributed by atoms with van der Waals surface area (Å²) in [4.78, 5) is 43.4. The Balaban J connectivity index is 0.00000154. The van der Waals surface area contributed by atoms with Gasteiger partial charge in [0.1, 0.15) is 12.1 Å². The summed E-state index contributed by atoms with van der Waals surface area (Å²) in [7, 11) is 0. The molecule has 0 aliphatic heterocycles. The topological polar surface area (TPSA) is 156 Å². The van der Waals surface area contributed by atoms with Gasteiger partial charge < -0.3 is 27.1 Å². The molecule has 1 fully saturated rings. The van der Waals surface area contributed by atoms with Gasteiger partial charge in [-0.3, -0.25) is 14.4 Å². The summed E-state index contributed by atoms with van der Waals surface area (Å²) in [6.45, 7) is 10.7. The predicted octanol–water partition coefficient (Wildman–Crippen LogP) is 2.41. The molecular formula is C24H46N6O3. The Morgan fingerprint density at radius 3 is 2.18 bits per heavy atom. The summed E-state index contributed by atoms with van der Waals surface area (Å²) in [5, 5.41) is 5.40. The lowest BCUT2D eigenvalue weighted by atomic mass is 9.84. The van der Waals surface area contributed by atoms with Crippen LogP contribution in [0.2, 0.25) is 0 Å². The van der Waals surface area contributed by atoms with Crippen molar-refractivity contribution in [2.45, 2.75) is 98.1 Å². The van der Waals surface area contributed by atoms with Gasteiger partial charge in [-0.05, 0) is 18.3 Å². The summed E-state index contributed by atoms with van der Waals surface area (Å²) in [6, 6.07) is -1.58. The van der Waals surface area contributed by atoms with Crippen LogP contribution in [0.1, 0.15) is 85.3 Å². The van der Waals surface area contributed by atoms with Gasteiger partial charge in [0.2, 0.25) is 17.7 Å². The number of nitrogens with two attached hydrogens (primary N) is 2. The molecule has 190 valence electrons. The van der Waals surface area contributed by atoms with Gasteiger partial charge in [-0.2, -0.15) is 0 Å². The number of nitrogens with zero attached hydrogens (tertiary/aromatic N) is 1. The smallest absolute Gasteiger partial charge is 0.243 e. The maximum Gasteiger partial charge on any atom is 0.243 e. The number of rotatable bonds is 10. The Bertz CT molecular complexity index is 654. The molecule has 2 unspecified atom stereocenters. The van der Waals surface area contributed by atoms with Gasteiger partial charge in [-0.1, -0.05) is 66.7 Å². The average Bonchev–Trinajstić information content (AvgIpc) is 3.28. The molecule has 0 aromatic carbocycles. The van der Waals surface area contributed by atoms with Crippen LogP contribution in [0.5, 0.6) is 0 Å². The van der Waals surface area contributed by atoms with E-state index in [0.29, 0.717) is 18.0 Å². The molecule has 2 rings (SSSR count). The minimum atomic E-state index is -0.835. The Morgan fingerprint density at radius 1 is 1.09 bits per heavy atom. The minimum Gasteiger partial charge on any atom is -0.368 e. The maximum atomic E-state index is 12.8. The largest absolute Gasteiger partial charge is 0.368 e. The predicted molar refractivity (Wildman–Crippen MR) is 132 cm³/mol. The Hall–Kier alpha value is -2.42. The molecule has 0 radical (unpaired) electrons. The fraction of sp³-hybridized carbons (Fsp3) is 0.750. The number of hydrogen-bond acceptors (Lipinski definition) is 5. The fourth-order valence-electron chi connectivity index (χ4n) is 3.50. The van der Waals surface area contributed by atoms with Crippen LogP contribution in [0, 0.1) is 11.8 Å². The van der Waals surface area contributed by atoms with Crippen LogP contribution < -0.4 is 22.1 Å². The highest BCUT2D eigenvalue weighted by Crippen LogP contribution is 2.27. The van der Waals surface area contributed by atoms with Crippen molar-refractivity contribution in [2.75, 3.05) is 6.54 Å². The number of carbonyl (C=O) groups is 3. The van der Waals surface area contributed by atoms with Gasteiger partial charge in [-0.15, -0.1) is 0 Å². The zero-order valence-corrected chi connectivity index (χ0v) is 21.2. The third kappa shape index (κ3) is 14.4. The molecule has 1 aromatic heterocycles. The van der Waals surface area contributed by atoms with Crippen molar-refractivity contribution in [3.8, 4) is 0 Å². The van der Waals surface area contributed by atoms with E-state index >= 15 is 0 Å². The van der Waals surface area contributed by atoms with E-state index in [1.54, 1.807) is 6.20 Å². The quantitative estimate of drug-likeness (QED) is 0.358. The minimum absolute atomic E-state index is 0.119. The molecule has 33 heavy (non-hydrogen) atoms. The third-order valence-corrected chi connectivity index (χ3v) is 4.96. The van der Waals surface area contributed by atoms with Crippen molar-refractivity contribution in [2.24, 2.45) is 23.3 Å². The zero-order chi connectivity index (χ0) is 25.2. The molecule has 2 atom stereocenters. The molecule has 3 amide bonds. The number of primary amides is 1. The molecule has 1 heterocycles. The van der Waals surface area contributed by atoms with Gasteiger partial charge in [0.15, 0.2) is 0 Å². The molecule has 9 heteroatoms. The van der Waals surface area contributed by atoms with Crippen molar-refractivity contribution < 1.29 is 14.4 Å². The van der Waals surface area contributed by atoms with Crippen LogP contribution in [0.4, 0.5) is 0 Å². The zero-order valence-electron chi connectivity index (χ0n) is 21.2. The van der Waals surface area contributed by atoms with Crippen LogP contribution >= 0.6 is 0 Å². The molecule has 1 saturated carbocycles. The number of aromatic nitrogens is 2. The van der Waals surface area contributed by atoms with E-state index in [1.165, 1.54) is 12.7 Å². The molecule has 0 saturated heterocycles. The highest BCUT2D eigenvalue weighted by atomic mass is 16.2. The van der Waals surface area contributed by atoms with Crippen molar-refractivity contribution in [3.05, 3.63) is 18.2 Å². The molecule has 0 spiro atoms. The summed E-state index contributed by atoms with van der Waals surface area (Å²) in [6.07, 6.45) is 9.56. The molecule has 9 nitrogen and oxygen atoms in total. The van der Waals surface area contributed by atoms with E-state index in [0.717, 1.165) is 31.6 Å². The van der Waals surface area contributed by atoms with Crippen molar-refractivity contribution in [1.29, 1.82) is 0 Å². The normalized spacial score (nSPS) is 15.2. The van der Waals surface area contributed by atoms with Crippen LogP contribution in [-0.2, 0) is 20.8 Å². The molecule has 0 bridgehead atoms. The van der Waals surface area contributed by atoms with E-state index in [9.17, 15) is 14.4 Å². The molecular weight excluding hydrogens is 420 g/mol. The third-order valence-electron chi connectivity index (χ3n) is 4.96. The van der Waals surface area contributed by atoms with Gasteiger partial charge in [0.05, 0.1) is 6.33 Å². The average molecular weight is 467 g/mol. The number of nitrogens with one attached hydrogen (secondary N) is 3. The first-order valence-electron chi connectivity index (χ1n) is 12.3. The van der Waals surface area contributed by atoms with E-state index < -0.39 is 23.9 Å². The number of carbonyl (C=O) groups excluding carboxylic acids is 3. The molecule has 1 aliphatic carbocycles. The van der Waals surface area contributed by atoms with Crippen LogP contribution in [0.15, 0.2) is 12.5 Å². The van der Waals surface area contributed by atoms with E-state index in [2.05, 4.69) is 41.4 Å². The number of amides is 3. The standard InChI is InChI=1S/C18H30N6O3.C4H10.C2H6/c19-7-6-16(25)23-15(9-13-10-21-11-22-13)18(27)24-14(17(20)26)8-12-4-2-1-3-5-12;1-4(2)3;1-2/h10-12,14-15H,1-9,19H2,(H2,20,26)(H,21,22)(H,23,25)(H,24,27);4H,1-3H3;1-2H3. The van der Waals surface area contributed by atoms with E-state index in [1.807, 2.05) is 13.8 Å². The van der Waals surface area contributed by atoms with Gasteiger partial charge in [-0.25, -0.2) is 4.98 Å². The van der Waals surface area contributed by atoms with Crippen LogP contribution in [0.3, 0.4) is 0 Å². The summed E-state index contributed by atoms with van der Waals surface area (Å²) in [5.41, 5.74) is 11.6. The Morgan fingerprint density at radius 2 is 1.70 bits per heavy atom. The highest BCUT2D eigenvalue weighted by Gasteiger charge is 2.28. The second-order valence-electron chi connectivity index (χ2n) is 8.88. The van der Waals surface area contributed by atoms with Crippen molar-refractivity contribution in [3.63, 3.8) is 0 Å². The first-order chi connectivity index (χ1) is 15.7. The number of imidazole rings is 1. The first-order valence-corrected chi connectivity index (χ1v) is 12.3. The fourth-order valence-corrected chi connectivity index (χ4v) is 3.50. The lowest BCUT2D eigenvalue weighted by Crippen LogP contribution is -2.54. The lowest BCUT2D eigenvalue weighted by Gasteiger charge is -2.27. The second-order valence-corrected chi connectivity index (χ2v) is 8.88. The number of H-pyrrole nitrogens is 1. The van der Waals surface area contributed by atoms with Gasteiger partial charge in [0, 0.05) is 31.3 Å². The van der Waals surface area contributed by atoms with Crippen molar-refractivity contribution in [1.82, 2.24) is 20.6 Å². The summed E-state index contributed by atoms with van der Waals surface area (Å²) in [5.74, 6) is -0.0911. The second kappa shape index (κ2) is 18.1. The maximum absolute atomic E-state index is 12.8. The molecule has 1 aromatic rings. The van der Waals surface area contributed by atoms with Gasteiger partial charge >= 0.3 is 0 Å². The highest BCUT2D eigenvalue weighted by molar-refractivity contribution is 5.91. The summed E-state index contributed by atoms with van der Waals surface area (Å²) < 4.78 is 0. The SMILES string of the molecule is CC.CC(C)C.NCCC(=O)NC(Cc1cnc[nH]1)C(=O)NC(CC1CCCCC1)C(N)=O. The number of aromatic amines is 1. The number of hydrogen-bond donors (Lipinski definition) is 5. The first kappa shape index (κ1) is 30.6. The van der Waals surface area contributed by atoms with Gasteiger partial charge in [0.25, 0.3) is 0 Å². The summed E-state index contributed by atoms with van der Waals surface area (Å²) >= 11 is 0. The Labute approximate surface area is 199 Å². The monoisotopic (exact) mass is 466 g/mol. The lowest BCUT2D eigenvalue weighted by molar-refractivity contribution is -0.131. The van der Waals surface area contributed by atoms with E-state index in [-0.39, 0.29) is 25.3 Å². The van der Waals surface area contributed by atoms with Crippen LogP contribution in [-0.4, -0.2) is 46.3 Å². The van der Waals surface area contributed by atoms with E-state index in [4.69, 9.17) is 11.5 Å². The Kier molecular flexibility index (Phi) is 16.7. The molecule has 7 N–H and O–H groups in total. The molecule has 1 aliphatic rings. The van der Waals surface area contributed by atoms with Crippen LogP contribution in [0.25, 0.3) is 0 Å². The van der Waals surface area contributed by atoms with Crippen molar-refractivity contribution >= 4 is 17.7 Å².